The number of morpholine rings is 1. The zero-order valence-electron chi connectivity index (χ0n) is 12.9. The molecule has 0 unspecified atom stereocenters. The molecule has 0 bridgehead atoms. The van der Waals surface area contributed by atoms with Crippen LogP contribution in [0, 0.1) is 0 Å². The number of carbonyl (C=O) groups excluding carboxylic acids is 1. The summed E-state index contributed by atoms with van der Waals surface area (Å²) < 4.78 is 11.0. The molecule has 116 valence electrons. The third kappa shape index (κ3) is 3.30. The van der Waals surface area contributed by atoms with Gasteiger partial charge in [0.05, 0.1) is 12.3 Å². The number of furan rings is 1. The number of piperidine rings is 1. The van der Waals surface area contributed by atoms with Crippen molar-refractivity contribution in [1.82, 2.24) is 4.90 Å². The Labute approximate surface area is 125 Å². The first-order chi connectivity index (χ1) is 10.1. The third-order valence-electron chi connectivity index (χ3n) is 4.66. The average Bonchev–Trinajstić information content (AvgIpc) is 3.00. The van der Waals surface area contributed by atoms with E-state index < -0.39 is 0 Å². The minimum Gasteiger partial charge on any atom is -0.459 e. The quantitative estimate of drug-likeness (QED) is 0.867. The highest BCUT2D eigenvalue weighted by atomic mass is 16.5. The third-order valence-corrected chi connectivity index (χ3v) is 4.66. The fraction of sp³-hybridized carbons (Fsp3) is 0.688. The summed E-state index contributed by atoms with van der Waals surface area (Å²) >= 11 is 0. The molecule has 0 saturated carbocycles. The number of amides is 1. The second-order valence-corrected chi connectivity index (χ2v) is 6.37. The smallest absolute Gasteiger partial charge is 0.289 e. The van der Waals surface area contributed by atoms with E-state index in [1.54, 1.807) is 23.3 Å². The summed E-state index contributed by atoms with van der Waals surface area (Å²) in [7, 11) is 0. The lowest BCUT2D eigenvalue weighted by molar-refractivity contribution is -0.940. The van der Waals surface area contributed by atoms with Crippen molar-refractivity contribution in [2.75, 3.05) is 26.2 Å². The maximum atomic E-state index is 12.3. The van der Waals surface area contributed by atoms with E-state index in [0.29, 0.717) is 24.0 Å². The number of rotatable bonds is 2. The summed E-state index contributed by atoms with van der Waals surface area (Å²) in [6.07, 6.45) is 4.38. The number of hydrogen-bond donors (Lipinski definition) is 1. The van der Waals surface area contributed by atoms with Gasteiger partial charge in [0.25, 0.3) is 5.91 Å². The highest BCUT2D eigenvalue weighted by Gasteiger charge is 2.35. The summed E-state index contributed by atoms with van der Waals surface area (Å²) in [5.41, 5.74) is 0. The molecule has 1 aromatic heterocycles. The van der Waals surface area contributed by atoms with Crippen molar-refractivity contribution < 1.29 is 18.8 Å². The second-order valence-electron chi connectivity index (χ2n) is 6.37. The summed E-state index contributed by atoms with van der Waals surface area (Å²) in [5, 5.41) is 0. The van der Waals surface area contributed by atoms with Crippen LogP contribution >= 0.6 is 0 Å². The van der Waals surface area contributed by atoms with Crippen LogP contribution in [0.4, 0.5) is 0 Å². The molecule has 2 fully saturated rings. The number of likely N-dealkylation sites (tertiary alicyclic amines) is 1. The van der Waals surface area contributed by atoms with Crippen LogP contribution in [-0.2, 0) is 4.74 Å². The molecule has 2 aliphatic heterocycles. The maximum absolute atomic E-state index is 12.3. The molecular weight excluding hydrogens is 268 g/mol. The van der Waals surface area contributed by atoms with Gasteiger partial charge in [0, 0.05) is 25.9 Å². The molecule has 1 N–H and O–H groups in total. The Bertz CT molecular complexity index is 456. The molecule has 5 heteroatoms. The average molecular weight is 293 g/mol. The summed E-state index contributed by atoms with van der Waals surface area (Å²) in [4.78, 5) is 15.8. The van der Waals surface area contributed by atoms with Gasteiger partial charge in [-0.2, -0.15) is 0 Å². The molecule has 3 heterocycles. The molecule has 2 saturated heterocycles. The lowest BCUT2D eigenvalue weighted by Gasteiger charge is -2.40. The van der Waals surface area contributed by atoms with Crippen LogP contribution in [0.5, 0.6) is 0 Å². The van der Waals surface area contributed by atoms with Gasteiger partial charge in [-0.05, 0) is 26.0 Å². The Morgan fingerprint density at radius 2 is 1.90 bits per heavy atom. The highest BCUT2D eigenvalue weighted by Crippen LogP contribution is 2.14. The molecule has 0 radical (unpaired) electrons. The molecule has 5 nitrogen and oxygen atoms in total. The van der Waals surface area contributed by atoms with Gasteiger partial charge in [0.2, 0.25) is 0 Å². The van der Waals surface area contributed by atoms with E-state index in [2.05, 4.69) is 13.8 Å². The van der Waals surface area contributed by atoms with Gasteiger partial charge in [-0.3, -0.25) is 4.79 Å². The van der Waals surface area contributed by atoms with Crippen LogP contribution in [0.15, 0.2) is 22.8 Å². The molecule has 1 aromatic rings. The molecule has 1 amide bonds. The number of ether oxygens (including phenoxy) is 1. The molecular formula is C16H25N2O3+. The SMILES string of the molecule is C[C@@H]1C[NH+](C2CCN(C(=O)c3ccco3)CC2)C[C@@H](C)O1. The molecule has 0 aromatic carbocycles. The second kappa shape index (κ2) is 6.20. The summed E-state index contributed by atoms with van der Waals surface area (Å²) in [6.45, 7) is 8.15. The van der Waals surface area contributed by atoms with Gasteiger partial charge in [-0.1, -0.05) is 0 Å². The Morgan fingerprint density at radius 1 is 1.24 bits per heavy atom. The first-order valence-corrected chi connectivity index (χ1v) is 7.96. The molecule has 0 spiro atoms. The van der Waals surface area contributed by atoms with Crippen molar-refractivity contribution in [2.24, 2.45) is 0 Å². The van der Waals surface area contributed by atoms with E-state index in [-0.39, 0.29) is 5.91 Å². The first kappa shape index (κ1) is 14.6. The van der Waals surface area contributed by atoms with Crippen molar-refractivity contribution in [2.45, 2.75) is 44.9 Å². The Morgan fingerprint density at radius 3 is 2.48 bits per heavy atom. The lowest BCUT2D eigenvalue weighted by atomic mass is 10.0. The van der Waals surface area contributed by atoms with E-state index >= 15 is 0 Å². The topological polar surface area (TPSA) is 47.1 Å². The van der Waals surface area contributed by atoms with E-state index in [1.165, 1.54) is 0 Å². The maximum Gasteiger partial charge on any atom is 0.289 e. The van der Waals surface area contributed by atoms with Crippen LogP contribution in [0.3, 0.4) is 0 Å². The highest BCUT2D eigenvalue weighted by molar-refractivity contribution is 5.91. The number of carbonyl (C=O) groups is 1. The molecule has 3 rings (SSSR count). The van der Waals surface area contributed by atoms with Crippen molar-refractivity contribution in [3.63, 3.8) is 0 Å². The summed E-state index contributed by atoms with van der Waals surface area (Å²) in [5.74, 6) is 0.478. The molecule has 2 atom stereocenters. The Hall–Kier alpha value is -1.33. The zero-order chi connectivity index (χ0) is 14.8. The van der Waals surface area contributed by atoms with E-state index in [4.69, 9.17) is 9.15 Å². The van der Waals surface area contributed by atoms with Gasteiger partial charge in [0.15, 0.2) is 5.76 Å². The number of hydrogen-bond acceptors (Lipinski definition) is 3. The minimum absolute atomic E-state index is 0.0252. The van der Waals surface area contributed by atoms with Crippen molar-refractivity contribution in [1.29, 1.82) is 0 Å². The molecule has 0 aliphatic carbocycles. The predicted molar refractivity (Wildman–Crippen MR) is 78.3 cm³/mol. The van der Waals surface area contributed by atoms with Crippen molar-refractivity contribution in [3.05, 3.63) is 24.2 Å². The van der Waals surface area contributed by atoms with E-state index in [0.717, 1.165) is 39.0 Å². The van der Waals surface area contributed by atoms with Gasteiger partial charge in [-0.25, -0.2) is 0 Å². The van der Waals surface area contributed by atoms with E-state index in [9.17, 15) is 4.79 Å². The summed E-state index contributed by atoms with van der Waals surface area (Å²) in [6, 6.07) is 4.16. The lowest BCUT2D eigenvalue weighted by Crippen LogP contribution is -3.19. The number of nitrogens with zero attached hydrogens (tertiary/aromatic N) is 1. The number of nitrogens with one attached hydrogen (secondary N) is 1. The fourth-order valence-electron chi connectivity index (χ4n) is 3.69. The first-order valence-electron chi connectivity index (χ1n) is 7.96. The minimum atomic E-state index is 0.0252. The number of quaternary nitrogens is 1. The largest absolute Gasteiger partial charge is 0.459 e. The van der Waals surface area contributed by atoms with Crippen LogP contribution in [0.1, 0.15) is 37.2 Å². The molecule has 2 aliphatic rings. The van der Waals surface area contributed by atoms with E-state index in [1.807, 2.05) is 4.90 Å². The Kier molecular flexibility index (Phi) is 4.31. The monoisotopic (exact) mass is 293 g/mol. The van der Waals surface area contributed by atoms with Crippen molar-refractivity contribution >= 4 is 5.91 Å². The van der Waals surface area contributed by atoms with Crippen LogP contribution in [0.25, 0.3) is 0 Å². The Balaban J connectivity index is 1.54. The van der Waals surface area contributed by atoms with Gasteiger partial charge in [-0.15, -0.1) is 0 Å². The van der Waals surface area contributed by atoms with Crippen molar-refractivity contribution in [3.8, 4) is 0 Å². The van der Waals surface area contributed by atoms with Gasteiger partial charge in [0.1, 0.15) is 25.3 Å². The normalized spacial score (nSPS) is 31.3. The predicted octanol–water partition coefficient (Wildman–Crippen LogP) is 0.576. The standard InChI is InChI=1S/C16H24N2O3/c1-12-10-18(11-13(2)21-12)14-5-7-17(8-6-14)16(19)15-4-3-9-20-15/h3-4,9,12-14H,5-8,10-11H2,1-2H3/p+1/t12-,13-/m1/s1. The van der Waals surface area contributed by atoms with Gasteiger partial charge < -0.3 is 19.0 Å². The van der Waals surface area contributed by atoms with Crippen LogP contribution in [-0.4, -0.2) is 55.2 Å². The van der Waals surface area contributed by atoms with Crippen LogP contribution < -0.4 is 4.90 Å². The fourth-order valence-corrected chi connectivity index (χ4v) is 3.69. The van der Waals surface area contributed by atoms with Crippen LogP contribution in [0.2, 0.25) is 0 Å². The zero-order valence-corrected chi connectivity index (χ0v) is 12.9. The van der Waals surface area contributed by atoms with Gasteiger partial charge >= 0.3 is 0 Å². The molecule has 21 heavy (non-hydrogen) atoms.